The maximum atomic E-state index is 5.86. The second-order valence-corrected chi connectivity index (χ2v) is 7.17. The van der Waals surface area contributed by atoms with E-state index in [1.54, 1.807) is 11.8 Å². The second-order valence-electron chi connectivity index (χ2n) is 6.11. The van der Waals surface area contributed by atoms with Gasteiger partial charge < -0.3 is 9.30 Å². The van der Waals surface area contributed by atoms with E-state index in [0.717, 1.165) is 33.5 Å². The number of imidazole rings is 1. The summed E-state index contributed by atoms with van der Waals surface area (Å²) in [6.07, 6.45) is 0. The van der Waals surface area contributed by atoms with Gasteiger partial charge in [0.05, 0.1) is 17.6 Å². The molecule has 0 bridgehead atoms. The van der Waals surface area contributed by atoms with Crippen molar-refractivity contribution in [3.63, 3.8) is 0 Å². The number of fused-ring (bicyclic) bond motifs is 3. The van der Waals surface area contributed by atoms with Crippen LogP contribution in [0.25, 0.3) is 16.8 Å². The third kappa shape index (κ3) is 2.87. The lowest BCUT2D eigenvalue weighted by molar-refractivity contribution is 0.343. The number of ether oxygens (including phenoxy) is 1. The average Bonchev–Trinajstić information content (AvgIpc) is 3.16. The molecule has 0 N–H and O–H groups in total. The molecule has 25 heavy (non-hydrogen) atoms. The first-order valence-electron chi connectivity index (χ1n) is 8.26. The molecule has 0 saturated carbocycles. The Morgan fingerprint density at radius 3 is 2.60 bits per heavy atom. The molecule has 4 aromatic rings. The molecule has 4 rings (SSSR count). The van der Waals surface area contributed by atoms with Gasteiger partial charge in [-0.15, -0.1) is 10.2 Å². The summed E-state index contributed by atoms with van der Waals surface area (Å²) >= 11 is 1.66. The fourth-order valence-electron chi connectivity index (χ4n) is 2.92. The Morgan fingerprint density at radius 1 is 1.00 bits per heavy atom. The van der Waals surface area contributed by atoms with Gasteiger partial charge in [0.25, 0.3) is 0 Å². The Labute approximate surface area is 150 Å². The Morgan fingerprint density at radius 2 is 1.80 bits per heavy atom. The summed E-state index contributed by atoms with van der Waals surface area (Å²) in [5, 5.41) is 9.56. The first-order chi connectivity index (χ1) is 12.1. The lowest BCUT2D eigenvalue weighted by Crippen LogP contribution is -2.01. The number of rotatable bonds is 5. The van der Waals surface area contributed by atoms with E-state index in [-0.39, 0.29) is 0 Å². The van der Waals surface area contributed by atoms with Gasteiger partial charge in [0, 0.05) is 12.8 Å². The van der Waals surface area contributed by atoms with E-state index in [1.807, 2.05) is 25.2 Å². The third-order valence-electron chi connectivity index (χ3n) is 4.46. The van der Waals surface area contributed by atoms with Crippen LogP contribution in [0.4, 0.5) is 0 Å². The van der Waals surface area contributed by atoms with E-state index in [9.17, 15) is 0 Å². The predicted molar refractivity (Wildman–Crippen MR) is 102 cm³/mol. The van der Waals surface area contributed by atoms with Crippen molar-refractivity contribution in [2.24, 2.45) is 7.05 Å². The summed E-state index contributed by atoms with van der Waals surface area (Å²) < 4.78 is 10.0. The zero-order valence-electron chi connectivity index (χ0n) is 14.6. The van der Waals surface area contributed by atoms with Crippen LogP contribution in [0.3, 0.4) is 0 Å². The largest absolute Gasteiger partial charge is 0.493 e. The number of para-hydroxylation sites is 2. The normalized spacial score (nSPS) is 11.5. The maximum Gasteiger partial charge on any atom is 0.236 e. The molecule has 0 aliphatic rings. The molecule has 0 unspecified atom stereocenters. The van der Waals surface area contributed by atoms with Crippen molar-refractivity contribution in [2.75, 3.05) is 12.4 Å². The van der Waals surface area contributed by atoms with Crippen LogP contribution in [-0.4, -0.2) is 31.5 Å². The molecule has 2 aromatic heterocycles. The lowest BCUT2D eigenvalue weighted by atomic mass is 10.1. The smallest absolute Gasteiger partial charge is 0.236 e. The van der Waals surface area contributed by atoms with Gasteiger partial charge in [-0.1, -0.05) is 30.0 Å². The Bertz CT molecular complexity index is 1050. The molecule has 0 aliphatic heterocycles. The summed E-state index contributed by atoms with van der Waals surface area (Å²) in [5.74, 6) is 2.59. The monoisotopic (exact) mass is 352 g/mol. The number of aromatic nitrogens is 4. The van der Waals surface area contributed by atoms with Crippen LogP contribution < -0.4 is 4.74 Å². The van der Waals surface area contributed by atoms with Crippen LogP contribution in [0.5, 0.6) is 5.75 Å². The van der Waals surface area contributed by atoms with Crippen LogP contribution in [0.1, 0.15) is 11.1 Å². The molecule has 0 radical (unpaired) electrons. The SMILES string of the molecule is Cc1ccc(OCCSc2nnc3n(C)c4ccccc4n23)cc1C. The molecule has 0 atom stereocenters. The minimum atomic E-state index is 0.632. The van der Waals surface area contributed by atoms with Crippen molar-refractivity contribution >= 4 is 28.6 Å². The maximum absolute atomic E-state index is 5.86. The minimum Gasteiger partial charge on any atom is -0.493 e. The molecule has 0 saturated heterocycles. The molecule has 0 aliphatic carbocycles. The fourth-order valence-corrected chi connectivity index (χ4v) is 3.68. The van der Waals surface area contributed by atoms with Gasteiger partial charge in [-0.2, -0.15) is 0 Å². The highest BCUT2D eigenvalue weighted by atomic mass is 32.2. The standard InChI is InChI=1S/C19H20N4OS/c1-13-8-9-15(12-14(13)2)24-10-11-25-19-21-20-18-22(3)16-6-4-5-7-17(16)23(18)19/h4-9,12H,10-11H2,1-3H3. The van der Waals surface area contributed by atoms with Crippen LogP contribution in [0, 0.1) is 13.8 Å². The van der Waals surface area contributed by atoms with Crippen molar-refractivity contribution in [3.8, 4) is 5.75 Å². The molecular weight excluding hydrogens is 332 g/mol. The number of hydrogen-bond donors (Lipinski definition) is 0. The van der Waals surface area contributed by atoms with E-state index in [1.165, 1.54) is 11.1 Å². The first-order valence-corrected chi connectivity index (χ1v) is 9.25. The molecule has 6 heteroatoms. The summed E-state index contributed by atoms with van der Waals surface area (Å²) in [6.45, 7) is 4.84. The van der Waals surface area contributed by atoms with Gasteiger partial charge in [-0.3, -0.25) is 4.40 Å². The van der Waals surface area contributed by atoms with Crippen LogP contribution in [0.2, 0.25) is 0 Å². The van der Waals surface area contributed by atoms with Crippen LogP contribution in [-0.2, 0) is 7.05 Å². The number of thioether (sulfide) groups is 1. The van der Waals surface area contributed by atoms with Crippen molar-refractivity contribution in [3.05, 3.63) is 53.6 Å². The summed E-state index contributed by atoms with van der Waals surface area (Å²) in [6, 6.07) is 14.5. The van der Waals surface area contributed by atoms with Crippen molar-refractivity contribution in [2.45, 2.75) is 19.0 Å². The molecule has 2 aromatic carbocycles. The lowest BCUT2D eigenvalue weighted by Gasteiger charge is -2.07. The van der Waals surface area contributed by atoms with E-state index in [0.29, 0.717) is 6.61 Å². The Balaban J connectivity index is 1.48. The number of hydrogen-bond acceptors (Lipinski definition) is 4. The van der Waals surface area contributed by atoms with Crippen LogP contribution in [0.15, 0.2) is 47.6 Å². The molecule has 128 valence electrons. The van der Waals surface area contributed by atoms with Crippen molar-refractivity contribution in [1.29, 1.82) is 0 Å². The Kier molecular flexibility index (Phi) is 4.13. The van der Waals surface area contributed by atoms with Gasteiger partial charge in [0.1, 0.15) is 5.75 Å². The highest BCUT2D eigenvalue weighted by Gasteiger charge is 2.14. The molecule has 0 spiro atoms. The zero-order valence-corrected chi connectivity index (χ0v) is 15.4. The average molecular weight is 352 g/mol. The highest BCUT2D eigenvalue weighted by molar-refractivity contribution is 7.99. The van der Waals surface area contributed by atoms with Gasteiger partial charge in [-0.05, 0) is 49.2 Å². The van der Waals surface area contributed by atoms with Crippen molar-refractivity contribution < 1.29 is 4.74 Å². The van der Waals surface area contributed by atoms with E-state index >= 15 is 0 Å². The highest BCUT2D eigenvalue weighted by Crippen LogP contribution is 2.25. The van der Waals surface area contributed by atoms with Crippen LogP contribution >= 0.6 is 11.8 Å². The fraction of sp³-hybridized carbons (Fsp3) is 0.263. The van der Waals surface area contributed by atoms with E-state index in [4.69, 9.17) is 4.74 Å². The molecular formula is C19H20N4OS. The molecule has 0 fully saturated rings. The zero-order chi connectivity index (χ0) is 17.4. The quantitative estimate of drug-likeness (QED) is 0.402. The summed E-state index contributed by atoms with van der Waals surface area (Å²) in [5.41, 5.74) is 4.81. The molecule has 5 nitrogen and oxygen atoms in total. The first kappa shape index (κ1) is 16.0. The molecule has 0 amide bonds. The summed E-state index contributed by atoms with van der Waals surface area (Å²) in [7, 11) is 2.02. The van der Waals surface area contributed by atoms with Gasteiger partial charge in [-0.25, -0.2) is 0 Å². The van der Waals surface area contributed by atoms with E-state index < -0.39 is 0 Å². The van der Waals surface area contributed by atoms with Gasteiger partial charge in [0.15, 0.2) is 5.16 Å². The second kappa shape index (κ2) is 6.44. The number of aryl methyl sites for hydroxylation is 3. The summed E-state index contributed by atoms with van der Waals surface area (Å²) in [4.78, 5) is 0. The van der Waals surface area contributed by atoms with E-state index in [2.05, 4.69) is 57.3 Å². The third-order valence-corrected chi connectivity index (χ3v) is 5.36. The Hall–Kier alpha value is -2.47. The number of benzene rings is 2. The number of nitrogens with zero attached hydrogens (tertiary/aromatic N) is 4. The molecule has 2 heterocycles. The minimum absolute atomic E-state index is 0.632. The predicted octanol–water partition coefficient (Wildman–Crippen LogP) is 4.01. The van der Waals surface area contributed by atoms with Gasteiger partial charge >= 0.3 is 0 Å². The van der Waals surface area contributed by atoms with Gasteiger partial charge in [0.2, 0.25) is 5.78 Å². The topological polar surface area (TPSA) is 44.4 Å². The van der Waals surface area contributed by atoms with Crippen molar-refractivity contribution in [1.82, 2.24) is 19.2 Å².